The van der Waals surface area contributed by atoms with Crippen LogP contribution >= 0.6 is 0 Å². The molecule has 0 bridgehead atoms. The number of carbonyl (C=O) groups is 1. The standard InChI is InChI=1S/C38H30N2O/c1-38(2)32-13-7-9-15-34(32)39-24-31-30-12-6-8-14-33(30)40(35(31)37(38)39)29-22-20-28(21-23-29)36(41)27-18-16-26(17-19-27)25-10-4-3-5-11-25/h3-20,22,24H,21,23H2,1-2H3. The van der Waals surface area contributed by atoms with E-state index in [9.17, 15) is 4.79 Å². The van der Waals surface area contributed by atoms with Gasteiger partial charge in [-0.25, -0.2) is 0 Å². The van der Waals surface area contributed by atoms with E-state index in [1.807, 2.05) is 48.5 Å². The van der Waals surface area contributed by atoms with Crippen molar-refractivity contribution in [3.63, 3.8) is 0 Å². The summed E-state index contributed by atoms with van der Waals surface area (Å²) in [5.74, 6) is 0.115. The van der Waals surface area contributed by atoms with Crippen molar-refractivity contribution in [2.24, 2.45) is 0 Å². The van der Waals surface area contributed by atoms with Crippen molar-refractivity contribution >= 4 is 33.3 Å². The molecule has 6 aromatic rings. The van der Waals surface area contributed by atoms with Crippen molar-refractivity contribution in [3.8, 4) is 16.8 Å². The van der Waals surface area contributed by atoms with E-state index in [4.69, 9.17) is 0 Å². The normalized spacial score (nSPS) is 15.5. The predicted octanol–water partition coefficient (Wildman–Crippen LogP) is 9.34. The molecule has 0 amide bonds. The van der Waals surface area contributed by atoms with Gasteiger partial charge in [0, 0.05) is 44.9 Å². The SMILES string of the molecule is CC1(C)c2ccccc2-n2cc3c4ccccc4n(C4=CC=C(C(=O)c5ccc(-c6ccccc6)cc5)CC4)c3c21. The summed E-state index contributed by atoms with van der Waals surface area (Å²) >= 11 is 0. The molecule has 1 aliphatic carbocycles. The van der Waals surface area contributed by atoms with Gasteiger partial charge >= 0.3 is 0 Å². The second-order valence-corrected chi connectivity index (χ2v) is 11.7. The molecular weight excluding hydrogens is 500 g/mol. The largest absolute Gasteiger partial charge is 0.317 e. The molecule has 4 aromatic carbocycles. The van der Waals surface area contributed by atoms with Gasteiger partial charge in [-0.3, -0.25) is 4.79 Å². The quantitative estimate of drug-likeness (QED) is 0.209. The third-order valence-electron chi connectivity index (χ3n) is 9.03. The molecule has 198 valence electrons. The van der Waals surface area contributed by atoms with Gasteiger partial charge < -0.3 is 9.13 Å². The number of hydrogen-bond donors (Lipinski definition) is 0. The zero-order chi connectivity index (χ0) is 27.7. The Hall–Kier alpha value is -4.89. The number of para-hydroxylation sites is 2. The first-order valence-corrected chi connectivity index (χ1v) is 14.4. The van der Waals surface area contributed by atoms with E-state index < -0.39 is 0 Å². The fourth-order valence-corrected chi connectivity index (χ4v) is 6.99. The van der Waals surface area contributed by atoms with Crippen LogP contribution in [0.25, 0.3) is 44.3 Å². The molecule has 2 aliphatic rings. The second kappa shape index (κ2) is 8.81. The lowest BCUT2D eigenvalue weighted by molar-refractivity contribution is 0.103. The van der Waals surface area contributed by atoms with Crippen molar-refractivity contribution in [2.45, 2.75) is 32.1 Å². The zero-order valence-corrected chi connectivity index (χ0v) is 23.3. The molecule has 0 N–H and O–H groups in total. The smallest absolute Gasteiger partial charge is 0.189 e. The van der Waals surface area contributed by atoms with Gasteiger partial charge in [0.2, 0.25) is 0 Å². The van der Waals surface area contributed by atoms with Crippen molar-refractivity contribution in [1.29, 1.82) is 0 Å². The van der Waals surface area contributed by atoms with Gasteiger partial charge in [-0.15, -0.1) is 0 Å². The molecule has 0 radical (unpaired) electrons. The number of rotatable bonds is 4. The Labute approximate surface area is 239 Å². The van der Waals surface area contributed by atoms with Crippen molar-refractivity contribution in [3.05, 3.63) is 144 Å². The number of carbonyl (C=O) groups excluding carboxylic acids is 1. The summed E-state index contributed by atoms with van der Waals surface area (Å²) in [6, 6.07) is 35.7. The van der Waals surface area contributed by atoms with Crippen LogP contribution in [0.3, 0.4) is 0 Å². The number of ketones is 1. The van der Waals surface area contributed by atoms with E-state index in [0.29, 0.717) is 0 Å². The van der Waals surface area contributed by atoms with Crippen LogP contribution in [0.1, 0.15) is 48.3 Å². The van der Waals surface area contributed by atoms with E-state index in [0.717, 1.165) is 35.1 Å². The average molecular weight is 531 g/mol. The molecule has 0 atom stereocenters. The number of benzene rings is 4. The highest BCUT2D eigenvalue weighted by Gasteiger charge is 2.39. The van der Waals surface area contributed by atoms with E-state index in [-0.39, 0.29) is 11.2 Å². The Balaban J connectivity index is 1.21. The van der Waals surface area contributed by atoms with Gasteiger partial charge in [-0.05, 0) is 47.7 Å². The van der Waals surface area contributed by atoms with E-state index >= 15 is 0 Å². The molecule has 0 saturated carbocycles. The minimum atomic E-state index is -0.122. The Morgan fingerprint density at radius 3 is 2.20 bits per heavy atom. The highest BCUT2D eigenvalue weighted by Crippen LogP contribution is 2.49. The maximum Gasteiger partial charge on any atom is 0.189 e. The monoisotopic (exact) mass is 530 g/mol. The number of allylic oxidation sites excluding steroid dienone is 4. The molecule has 0 unspecified atom stereocenters. The number of nitrogens with zero attached hydrogens (tertiary/aromatic N) is 2. The van der Waals surface area contributed by atoms with Gasteiger partial charge in [-0.1, -0.05) is 111 Å². The van der Waals surface area contributed by atoms with Crippen LogP contribution in [-0.2, 0) is 5.41 Å². The third-order valence-corrected chi connectivity index (χ3v) is 9.03. The molecule has 8 rings (SSSR count). The summed E-state index contributed by atoms with van der Waals surface area (Å²) in [5.41, 5.74) is 11.4. The van der Waals surface area contributed by atoms with Gasteiger partial charge in [0.1, 0.15) is 0 Å². The van der Waals surface area contributed by atoms with Crippen molar-refractivity contribution in [1.82, 2.24) is 9.13 Å². The van der Waals surface area contributed by atoms with E-state index in [1.54, 1.807) is 0 Å². The summed E-state index contributed by atoms with van der Waals surface area (Å²) in [6.45, 7) is 4.67. The molecule has 3 nitrogen and oxygen atoms in total. The van der Waals surface area contributed by atoms with Crippen LogP contribution in [-0.4, -0.2) is 14.9 Å². The fraction of sp³-hybridized carbons (Fsp3) is 0.132. The molecular formula is C38H30N2O. The highest BCUT2D eigenvalue weighted by atomic mass is 16.1. The zero-order valence-electron chi connectivity index (χ0n) is 23.3. The molecule has 3 heteroatoms. The van der Waals surface area contributed by atoms with Crippen molar-refractivity contribution in [2.75, 3.05) is 0 Å². The maximum absolute atomic E-state index is 13.5. The van der Waals surface area contributed by atoms with Crippen LogP contribution in [0.5, 0.6) is 0 Å². The van der Waals surface area contributed by atoms with Gasteiger partial charge in [0.15, 0.2) is 5.78 Å². The first kappa shape index (κ1) is 24.0. The minimum absolute atomic E-state index is 0.115. The van der Waals surface area contributed by atoms with Gasteiger partial charge in [0.05, 0.1) is 16.7 Å². The molecule has 2 aromatic heterocycles. The lowest BCUT2D eigenvalue weighted by Crippen LogP contribution is -2.17. The fourth-order valence-electron chi connectivity index (χ4n) is 6.99. The van der Waals surface area contributed by atoms with Crippen LogP contribution in [0.4, 0.5) is 0 Å². The first-order valence-electron chi connectivity index (χ1n) is 14.4. The Morgan fingerprint density at radius 1 is 0.707 bits per heavy atom. The Bertz CT molecular complexity index is 2060. The Morgan fingerprint density at radius 2 is 1.41 bits per heavy atom. The summed E-state index contributed by atoms with van der Waals surface area (Å²) in [7, 11) is 0. The number of aromatic nitrogens is 2. The van der Waals surface area contributed by atoms with E-state index in [2.05, 4.69) is 95.9 Å². The average Bonchev–Trinajstić information content (AvgIpc) is 3.63. The summed E-state index contributed by atoms with van der Waals surface area (Å²) in [5, 5.41) is 2.55. The maximum atomic E-state index is 13.5. The van der Waals surface area contributed by atoms with Gasteiger partial charge in [-0.2, -0.15) is 0 Å². The number of Topliss-reactive ketones (excluding diaryl/α,β-unsaturated/α-hetero) is 1. The summed E-state index contributed by atoms with van der Waals surface area (Å²) in [6.07, 6.45) is 8.07. The molecule has 0 fully saturated rings. The molecule has 0 saturated heterocycles. The summed E-state index contributed by atoms with van der Waals surface area (Å²) < 4.78 is 4.85. The van der Waals surface area contributed by atoms with Crippen molar-refractivity contribution < 1.29 is 4.79 Å². The summed E-state index contributed by atoms with van der Waals surface area (Å²) in [4.78, 5) is 13.5. The van der Waals surface area contributed by atoms with Crippen LogP contribution in [0.15, 0.2) is 127 Å². The first-order chi connectivity index (χ1) is 20.0. The number of hydrogen-bond acceptors (Lipinski definition) is 1. The molecule has 0 spiro atoms. The second-order valence-electron chi connectivity index (χ2n) is 11.7. The number of fused-ring (bicyclic) bond motifs is 7. The minimum Gasteiger partial charge on any atom is -0.317 e. The van der Waals surface area contributed by atoms with Gasteiger partial charge in [0.25, 0.3) is 0 Å². The van der Waals surface area contributed by atoms with E-state index in [1.165, 1.54) is 44.4 Å². The molecule has 3 heterocycles. The third kappa shape index (κ3) is 3.48. The predicted molar refractivity (Wildman–Crippen MR) is 169 cm³/mol. The molecule has 41 heavy (non-hydrogen) atoms. The van der Waals surface area contributed by atoms with Crippen LogP contribution in [0, 0.1) is 0 Å². The topological polar surface area (TPSA) is 26.9 Å². The van der Waals surface area contributed by atoms with Crippen LogP contribution in [0.2, 0.25) is 0 Å². The van der Waals surface area contributed by atoms with Crippen LogP contribution < -0.4 is 0 Å². The highest BCUT2D eigenvalue weighted by molar-refractivity contribution is 6.13. The molecule has 1 aliphatic heterocycles. The Kier molecular flexibility index (Phi) is 5.14. The lowest BCUT2D eigenvalue weighted by atomic mass is 9.83. The lowest BCUT2D eigenvalue weighted by Gasteiger charge is -2.22.